The molecule has 2 fully saturated rings. The maximum absolute atomic E-state index is 12.9. The van der Waals surface area contributed by atoms with E-state index in [2.05, 4.69) is 39.2 Å². The van der Waals surface area contributed by atoms with Crippen molar-refractivity contribution < 1.29 is 9.13 Å². The lowest BCUT2D eigenvalue weighted by Crippen LogP contribution is -2.33. The van der Waals surface area contributed by atoms with Gasteiger partial charge in [0.1, 0.15) is 0 Å². The van der Waals surface area contributed by atoms with Gasteiger partial charge in [-0.05, 0) is 25.5 Å². The number of anilines is 1. The number of thiophene rings is 1. The van der Waals surface area contributed by atoms with Crippen LogP contribution in [0.2, 0.25) is 0 Å². The van der Waals surface area contributed by atoms with Crippen LogP contribution in [0.15, 0.2) is 24.5 Å². The van der Waals surface area contributed by atoms with Crippen LogP contribution in [-0.4, -0.2) is 46.2 Å². The first-order valence-corrected chi connectivity index (χ1v) is 9.08. The molecule has 128 valence electrons. The molecule has 0 aromatic carbocycles. The van der Waals surface area contributed by atoms with Crippen LogP contribution in [0.1, 0.15) is 22.6 Å². The Morgan fingerprint density at radius 3 is 3.00 bits per heavy atom. The van der Waals surface area contributed by atoms with E-state index in [0.29, 0.717) is 12.6 Å². The summed E-state index contributed by atoms with van der Waals surface area (Å²) in [5.41, 5.74) is -0.0655. The van der Waals surface area contributed by atoms with Crippen molar-refractivity contribution in [2.24, 2.45) is 0 Å². The Morgan fingerprint density at radius 2 is 2.25 bits per heavy atom. The average Bonchev–Trinajstić information content (AvgIpc) is 3.25. The Morgan fingerprint density at radius 1 is 1.42 bits per heavy atom. The number of ether oxygens (including phenoxy) is 1. The number of nitrogens with one attached hydrogen (secondary N) is 1. The van der Waals surface area contributed by atoms with E-state index in [9.17, 15) is 4.39 Å². The zero-order valence-corrected chi connectivity index (χ0v) is 14.5. The Balaban J connectivity index is 1.33. The standard InChI is InChI=1S/C17H21FN4OS/c1-12-2-3-15(24-12)9-22-5-4-17(11-22)6-14(10-23-17)21-16-19-7-13(18)8-20-16/h2-3,7-8,14H,4-6,9-11H2,1H3,(H,19,20,21). The van der Waals surface area contributed by atoms with Crippen LogP contribution in [0.3, 0.4) is 0 Å². The summed E-state index contributed by atoms with van der Waals surface area (Å²) < 4.78 is 19.0. The molecule has 0 aliphatic carbocycles. The van der Waals surface area contributed by atoms with E-state index in [1.54, 1.807) is 0 Å². The van der Waals surface area contributed by atoms with Crippen LogP contribution in [-0.2, 0) is 11.3 Å². The summed E-state index contributed by atoms with van der Waals surface area (Å²) in [7, 11) is 0. The number of aromatic nitrogens is 2. The van der Waals surface area contributed by atoms with E-state index in [4.69, 9.17) is 4.74 Å². The van der Waals surface area contributed by atoms with Crippen LogP contribution in [0.5, 0.6) is 0 Å². The first-order valence-electron chi connectivity index (χ1n) is 8.26. The van der Waals surface area contributed by atoms with Crippen molar-refractivity contribution in [2.45, 2.75) is 38.0 Å². The SMILES string of the molecule is Cc1ccc(CN2CCC3(CC(Nc4ncc(F)cn4)CO3)C2)s1. The van der Waals surface area contributed by atoms with Crippen LogP contribution in [0.4, 0.5) is 10.3 Å². The van der Waals surface area contributed by atoms with Gasteiger partial charge in [-0.3, -0.25) is 4.90 Å². The third-order valence-corrected chi connectivity index (χ3v) is 5.72. The van der Waals surface area contributed by atoms with E-state index in [1.165, 1.54) is 22.1 Å². The smallest absolute Gasteiger partial charge is 0.223 e. The minimum atomic E-state index is -0.421. The molecular formula is C17H21FN4OS. The molecule has 7 heteroatoms. The van der Waals surface area contributed by atoms with E-state index in [0.717, 1.165) is 32.5 Å². The molecule has 2 aromatic rings. The summed E-state index contributed by atoms with van der Waals surface area (Å²) in [6.45, 7) is 5.83. The molecule has 5 nitrogen and oxygen atoms in total. The maximum Gasteiger partial charge on any atom is 0.223 e. The number of rotatable bonds is 4. The molecule has 2 aliphatic rings. The van der Waals surface area contributed by atoms with E-state index in [-0.39, 0.29) is 11.6 Å². The Labute approximate surface area is 144 Å². The Kier molecular flexibility index (Phi) is 4.24. The summed E-state index contributed by atoms with van der Waals surface area (Å²) in [5.74, 6) is 0.0425. The molecule has 24 heavy (non-hydrogen) atoms. The van der Waals surface area contributed by atoms with E-state index >= 15 is 0 Å². The lowest BCUT2D eigenvalue weighted by molar-refractivity contribution is 0.0120. The summed E-state index contributed by atoms with van der Waals surface area (Å²) in [6, 6.07) is 4.58. The van der Waals surface area contributed by atoms with Crippen molar-refractivity contribution in [3.8, 4) is 0 Å². The quantitative estimate of drug-likeness (QED) is 0.921. The fraction of sp³-hybridized carbons (Fsp3) is 0.529. The lowest BCUT2D eigenvalue weighted by atomic mass is 9.97. The number of hydrogen-bond acceptors (Lipinski definition) is 6. The molecule has 2 aromatic heterocycles. The van der Waals surface area contributed by atoms with Crippen molar-refractivity contribution in [1.82, 2.24) is 14.9 Å². The van der Waals surface area contributed by atoms with Gasteiger partial charge in [0.2, 0.25) is 5.95 Å². The van der Waals surface area contributed by atoms with Gasteiger partial charge in [0.05, 0.1) is 30.6 Å². The molecule has 2 aliphatic heterocycles. The van der Waals surface area contributed by atoms with Gasteiger partial charge in [-0.2, -0.15) is 0 Å². The first kappa shape index (κ1) is 15.9. The van der Waals surface area contributed by atoms with Crippen molar-refractivity contribution >= 4 is 17.3 Å². The van der Waals surface area contributed by atoms with Gasteiger partial charge in [-0.25, -0.2) is 14.4 Å². The van der Waals surface area contributed by atoms with Crippen molar-refractivity contribution in [3.63, 3.8) is 0 Å². The molecule has 0 radical (unpaired) electrons. The highest BCUT2D eigenvalue weighted by Gasteiger charge is 2.45. The molecule has 0 bridgehead atoms. The third kappa shape index (κ3) is 3.43. The zero-order valence-electron chi connectivity index (χ0n) is 13.7. The van der Waals surface area contributed by atoms with Gasteiger partial charge < -0.3 is 10.1 Å². The number of nitrogens with zero attached hydrogens (tertiary/aromatic N) is 3. The Bertz CT molecular complexity index is 707. The van der Waals surface area contributed by atoms with Gasteiger partial charge in [0.15, 0.2) is 5.82 Å². The molecule has 2 atom stereocenters. The maximum atomic E-state index is 12.9. The average molecular weight is 348 g/mol. The molecule has 0 saturated carbocycles. The molecule has 1 N–H and O–H groups in total. The van der Waals surface area contributed by atoms with Gasteiger partial charge in [0.25, 0.3) is 0 Å². The van der Waals surface area contributed by atoms with Gasteiger partial charge in [0, 0.05) is 35.8 Å². The predicted molar refractivity (Wildman–Crippen MR) is 91.7 cm³/mol. The Hall–Kier alpha value is -1.57. The number of halogens is 1. The first-order chi connectivity index (χ1) is 11.6. The minimum absolute atomic E-state index is 0.0655. The summed E-state index contributed by atoms with van der Waals surface area (Å²) in [6.07, 6.45) is 4.36. The highest BCUT2D eigenvalue weighted by Crippen LogP contribution is 2.36. The number of hydrogen-bond donors (Lipinski definition) is 1. The minimum Gasteiger partial charge on any atom is -0.371 e. The van der Waals surface area contributed by atoms with Crippen molar-refractivity contribution in [1.29, 1.82) is 0 Å². The summed E-state index contributed by atoms with van der Waals surface area (Å²) in [5, 5.41) is 3.26. The second-order valence-electron chi connectivity index (χ2n) is 6.74. The van der Waals surface area contributed by atoms with Crippen LogP contribution in [0.25, 0.3) is 0 Å². The number of aryl methyl sites for hydroxylation is 1. The van der Waals surface area contributed by atoms with E-state index in [1.807, 2.05) is 11.3 Å². The number of likely N-dealkylation sites (tertiary alicyclic amines) is 1. The fourth-order valence-corrected chi connectivity index (χ4v) is 4.58. The summed E-state index contributed by atoms with van der Waals surface area (Å²) >= 11 is 1.87. The predicted octanol–water partition coefficient (Wildman–Crippen LogP) is 2.83. The highest BCUT2D eigenvalue weighted by atomic mass is 32.1. The molecule has 2 saturated heterocycles. The molecule has 4 rings (SSSR count). The van der Waals surface area contributed by atoms with Crippen molar-refractivity contribution in [2.75, 3.05) is 25.0 Å². The van der Waals surface area contributed by atoms with E-state index < -0.39 is 5.82 Å². The third-order valence-electron chi connectivity index (χ3n) is 4.73. The molecule has 1 spiro atoms. The van der Waals surface area contributed by atoms with Gasteiger partial charge in [-0.1, -0.05) is 0 Å². The molecule has 0 amide bonds. The van der Waals surface area contributed by atoms with Crippen LogP contribution in [0, 0.1) is 12.7 Å². The highest BCUT2D eigenvalue weighted by molar-refractivity contribution is 7.11. The topological polar surface area (TPSA) is 50.3 Å². The zero-order chi connectivity index (χ0) is 16.6. The van der Waals surface area contributed by atoms with Gasteiger partial charge in [-0.15, -0.1) is 11.3 Å². The molecule has 4 heterocycles. The summed E-state index contributed by atoms with van der Waals surface area (Å²) in [4.78, 5) is 13.2. The molecule has 2 unspecified atom stereocenters. The normalized spacial score (nSPS) is 27.2. The van der Waals surface area contributed by atoms with Gasteiger partial charge >= 0.3 is 0 Å². The monoisotopic (exact) mass is 348 g/mol. The van der Waals surface area contributed by atoms with Crippen LogP contribution >= 0.6 is 11.3 Å². The second-order valence-corrected chi connectivity index (χ2v) is 8.11. The molecular weight excluding hydrogens is 327 g/mol. The lowest BCUT2D eigenvalue weighted by Gasteiger charge is -2.23. The van der Waals surface area contributed by atoms with Crippen molar-refractivity contribution in [3.05, 3.63) is 40.1 Å². The largest absolute Gasteiger partial charge is 0.371 e. The fourth-order valence-electron chi connectivity index (χ4n) is 3.64. The second kappa shape index (κ2) is 6.38. The van der Waals surface area contributed by atoms with Crippen LogP contribution < -0.4 is 5.32 Å².